The van der Waals surface area contributed by atoms with Crippen molar-refractivity contribution in [2.24, 2.45) is 0 Å². The average molecular weight is 257 g/mol. The molecule has 3 heteroatoms. The molecular formula is C15H15NOS. The van der Waals surface area contributed by atoms with Gasteiger partial charge in [0, 0.05) is 23.1 Å². The van der Waals surface area contributed by atoms with E-state index in [4.69, 9.17) is 0 Å². The second kappa shape index (κ2) is 5.02. The molecule has 0 radical (unpaired) electrons. The van der Waals surface area contributed by atoms with Crippen molar-refractivity contribution < 1.29 is 4.79 Å². The lowest BCUT2D eigenvalue weighted by Crippen LogP contribution is -2.27. The Morgan fingerprint density at radius 2 is 2.00 bits per heavy atom. The summed E-state index contributed by atoms with van der Waals surface area (Å²) in [6.07, 6.45) is 1.65. The summed E-state index contributed by atoms with van der Waals surface area (Å²) >= 11 is 1.83. The second-order valence-electron chi connectivity index (χ2n) is 4.59. The zero-order valence-corrected chi connectivity index (χ0v) is 10.9. The molecule has 0 aromatic heterocycles. The SMILES string of the molecule is O=C1CCC(CSc2cccc3ccccc23)N1. The van der Waals surface area contributed by atoms with Crippen molar-refractivity contribution >= 4 is 28.4 Å². The van der Waals surface area contributed by atoms with E-state index in [1.807, 2.05) is 11.8 Å². The van der Waals surface area contributed by atoms with Gasteiger partial charge in [-0.15, -0.1) is 11.8 Å². The minimum Gasteiger partial charge on any atom is -0.353 e. The molecule has 1 heterocycles. The number of hydrogen-bond donors (Lipinski definition) is 1. The van der Waals surface area contributed by atoms with E-state index in [1.165, 1.54) is 15.7 Å². The van der Waals surface area contributed by atoms with E-state index < -0.39 is 0 Å². The summed E-state index contributed by atoms with van der Waals surface area (Å²) in [6.45, 7) is 0. The van der Waals surface area contributed by atoms with Gasteiger partial charge in [-0.25, -0.2) is 0 Å². The summed E-state index contributed by atoms with van der Waals surface area (Å²) in [5.41, 5.74) is 0. The van der Waals surface area contributed by atoms with Crippen LogP contribution in [-0.2, 0) is 4.79 Å². The third-order valence-corrected chi connectivity index (χ3v) is 4.51. The van der Waals surface area contributed by atoms with E-state index in [2.05, 4.69) is 47.8 Å². The van der Waals surface area contributed by atoms with Crippen molar-refractivity contribution in [1.82, 2.24) is 5.32 Å². The number of carbonyl (C=O) groups excluding carboxylic acids is 1. The molecule has 0 spiro atoms. The first kappa shape index (κ1) is 11.6. The predicted molar refractivity (Wildman–Crippen MR) is 75.8 cm³/mol. The lowest BCUT2D eigenvalue weighted by Gasteiger charge is -2.10. The maximum atomic E-state index is 11.2. The number of thioether (sulfide) groups is 1. The van der Waals surface area contributed by atoms with Crippen LogP contribution in [0.15, 0.2) is 47.4 Å². The van der Waals surface area contributed by atoms with Crippen LogP contribution in [-0.4, -0.2) is 17.7 Å². The van der Waals surface area contributed by atoms with Crippen molar-refractivity contribution in [2.75, 3.05) is 5.75 Å². The normalized spacial score (nSPS) is 19.1. The lowest BCUT2D eigenvalue weighted by molar-refractivity contribution is -0.119. The highest BCUT2D eigenvalue weighted by atomic mass is 32.2. The first-order chi connectivity index (χ1) is 8.83. The Morgan fingerprint density at radius 3 is 2.83 bits per heavy atom. The van der Waals surface area contributed by atoms with Gasteiger partial charge in [0.15, 0.2) is 0 Å². The van der Waals surface area contributed by atoms with Crippen LogP contribution in [0.4, 0.5) is 0 Å². The highest BCUT2D eigenvalue weighted by Crippen LogP contribution is 2.29. The Hall–Kier alpha value is -1.48. The molecule has 0 bridgehead atoms. The minimum atomic E-state index is 0.193. The van der Waals surface area contributed by atoms with Crippen LogP contribution in [0.2, 0.25) is 0 Å². The standard InChI is InChI=1S/C15H15NOS/c17-15-9-8-12(16-15)10-18-14-7-3-5-11-4-1-2-6-13(11)14/h1-7,12H,8-10H2,(H,16,17). The number of carbonyl (C=O) groups is 1. The first-order valence-corrected chi connectivity index (χ1v) is 7.21. The fourth-order valence-electron chi connectivity index (χ4n) is 2.31. The smallest absolute Gasteiger partial charge is 0.220 e. The molecule has 92 valence electrons. The number of fused-ring (bicyclic) bond motifs is 1. The molecule has 1 amide bonds. The summed E-state index contributed by atoms with van der Waals surface area (Å²) in [4.78, 5) is 12.5. The highest BCUT2D eigenvalue weighted by molar-refractivity contribution is 7.99. The summed E-state index contributed by atoms with van der Waals surface area (Å²) in [7, 11) is 0. The van der Waals surface area contributed by atoms with Crippen LogP contribution in [0, 0.1) is 0 Å². The average Bonchev–Trinajstić information content (AvgIpc) is 2.82. The van der Waals surface area contributed by atoms with Crippen LogP contribution in [0.25, 0.3) is 10.8 Å². The molecule has 1 saturated heterocycles. The monoisotopic (exact) mass is 257 g/mol. The van der Waals surface area contributed by atoms with Gasteiger partial charge in [0.05, 0.1) is 0 Å². The van der Waals surface area contributed by atoms with Crippen molar-refractivity contribution in [1.29, 1.82) is 0 Å². The second-order valence-corrected chi connectivity index (χ2v) is 5.65. The number of hydrogen-bond acceptors (Lipinski definition) is 2. The van der Waals surface area contributed by atoms with E-state index in [0.29, 0.717) is 12.5 Å². The van der Waals surface area contributed by atoms with Gasteiger partial charge >= 0.3 is 0 Å². The third kappa shape index (κ3) is 2.36. The van der Waals surface area contributed by atoms with Crippen molar-refractivity contribution in [3.63, 3.8) is 0 Å². The zero-order chi connectivity index (χ0) is 12.4. The molecule has 0 saturated carbocycles. The van der Waals surface area contributed by atoms with E-state index in [-0.39, 0.29) is 5.91 Å². The van der Waals surface area contributed by atoms with Gasteiger partial charge in [0.2, 0.25) is 5.91 Å². The van der Waals surface area contributed by atoms with Crippen molar-refractivity contribution in [2.45, 2.75) is 23.8 Å². The van der Waals surface area contributed by atoms with Gasteiger partial charge in [-0.05, 0) is 23.3 Å². The van der Waals surface area contributed by atoms with Gasteiger partial charge in [0.25, 0.3) is 0 Å². The topological polar surface area (TPSA) is 29.1 Å². The fourth-order valence-corrected chi connectivity index (χ4v) is 3.46. The van der Waals surface area contributed by atoms with Crippen LogP contribution in [0.3, 0.4) is 0 Å². The van der Waals surface area contributed by atoms with Crippen molar-refractivity contribution in [3.05, 3.63) is 42.5 Å². The molecule has 1 aliphatic rings. The summed E-state index contributed by atoms with van der Waals surface area (Å²) in [6, 6.07) is 15.2. The quantitative estimate of drug-likeness (QED) is 0.855. The van der Waals surface area contributed by atoms with E-state index in [1.54, 1.807) is 0 Å². The fraction of sp³-hybridized carbons (Fsp3) is 0.267. The minimum absolute atomic E-state index is 0.193. The van der Waals surface area contributed by atoms with Crippen LogP contribution >= 0.6 is 11.8 Å². The Morgan fingerprint density at radius 1 is 1.17 bits per heavy atom. The predicted octanol–water partition coefficient (Wildman–Crippen LogP) is 3.21. The van der Waals surface area contributed by atoms with Crippen molar-refractivity contribution in [3.8, 4) is 0 Å². The van der Waals surface area contributed by atoms with Crippen LogP contribution in [0.5, 0.6) is 0 Å². The molecular weight excluding hydrogens is 242 g/mol. The molecule has 1 unspecified atom stereocenters. The van der Waals surface area contributed by atoms with Gasteiger partial charge in [0.1, 0.15) is 0 Å². The molecule has 1 atom stereocenters. The molecule has 2 nitrogen and oxygen atoms in total. The van der Waals surface area contributed by atoms with E-state index in [0.717, 1.165) is 12.2 Å². The molecule has 18 heavy (non-hydrogen) atoms. The Kier molecular flexibility index (Phi) is 3.24. The van der Waals surface area contributed by atoms with Crippen LogP contribution < -0.4 is 5.32 Å². The van der Waals surface area contributed by atoms with Crippen LogP contribution in [0.1, 0.15) is 12.8 Å². The number of benzene rings is 2. The maximum absolute atomic E-state index is 11.2. The Balaban J connectivity index is 1.76. The summed E-state index contributed by atoms with van der Waals surface area (Å²) in [5, 5.41) is 5.59. The molecule has 2 aromatic carbocycles. The molecule has 3 rings (SSSR count). The van der Waals surface area contributed by atoms with Gasteiger partial charge in [-0.2, -0.15) is 0 Å². The summed E-state index contributed by atoms with van der Waals surface area (Å²) in [5.74, 6) is 1.15. The van der Waals surface area contributed by atoms with E-state index in [9.17, 15) is 4.79 Å². The molecule has 1 N–H and O–H groups in total. The molecule has 1 fully saturated rings. The first-order valence-electron chi connectivity index (χ1n) is 6.23. The molecule has 2 aromatic rings. The Bertz CT molecular complexity index is 576. The van der Waals surface area contributed by atoms with Gasteiger partial charge < -0.3 is 5.32 Å². The molecule has 0 aliphatic carbocycles. The highest BCUT2D eigenvalue weighted by Gasteiger charge is 2.20. The zero-order valence-electron chi connectivity index (χ0n) is 10.1. The van der Waals surface area contributed by atoms with Gasteiger partial charge in [-0.1, -0.05) is 36.4 Å². The number of amides is 1. The summed E-state index contributed by atoms with van der Waals surface area (Å²) < 4.78 is 0. The largest absolute Gasteiger partial charge is 0.353 e. The lowest BCUT2D eigenvalue weighted by atomic mass is 10.1. The van der Waals surface area contributed by atoms with E-state index >= 15 is 0 Å². The number of rotatable bonds is 3. The number of nitrogens with one attached hydrogen (secondary N) is 1. The Labute approximate surface area is 111 Å². The van der Waals surface area contributed by atoms with Gasteiger partial charge in [-0.3, -0.25) is 4.79 Å². The molecule has 1 aliphatic heterocycles. The maximum Gasteiger partial charge on any atom is 0.220 e. The third-order valence-electron chi connectivity index (χ3n) is 3.27.